The number of benzene rings is 1. The number of aromatic nitrogens is 3. The lowest BCUT2D eigenvalue weighted by molar-refractivity contribution is -0.384. The summed E-state index contributed by atoms with van der Waals surface area (Å²) in [7, 11) is 1.56. The number of hydrogen-bond donors (Lipinski definition) is 0. The minimum Gasteiger partial charge on any atom is -0.496 e. The SMILES string of the molecule is CCC[C@@H](C(=O)OCc1ccccc1)N(Cc1ncc(C)c(OC)c1C)c1nc(Cl)ncc1[N+](=O)[O-]. The van der Waals surface area contributed by atoms with Crippen LogP contribution in [0.3, 0.4) is 0 Å². The van der Waals surface area contributed by atoms with E-state index < -0.39 is 16.9 Å². The highest BCUT2D eigenvalue weighted by Gasteiger charge is 2.34. The highest BCUT2D eigenvalue weighted by atomic mass is 35.5. The van der Waals surface area contributed by atoms with Crippen LogP contribution in [0.1, 0.15) is 42.1 Å². The summed E-state index contributed by atoms with van der Waals surface area (Å²) in [5, 5.41) is 11.7. The molecule has 0 N–H and O–H groups in total. The van der Waals surface area contributed by atoms with Gasteiger partial charge in [0.1, 0.15) is 24.6 Å². The minimum atomic E-state index is -0.892. The van der Waals surface area contributed by atoms with Gasteiger partial charge in [0.15, 0.2) is 0 Å². The predicted octanol–water partition coefficient (Wildman–Crippen LogP) is 4.98. The number of rotatable bonds is 11. The molecule has 1 atom stereocenters. The van der Waals surface area contributed by atoms with E-state index in [0.717, 1.165) is 22.9 Å². The first-order valence-corrected chi connectivity index (χ1v) is 11.8. The van der Waals surface area contributed by atoms with Gasteiger partial charge < -0.3 is 14.4 Å². The van der Waals surface area contributed by atoms with E-state index in [9.17, 15) is 14.9 Å². The van der Waals surface area contributed by atoms with Crippen molar-refractivity contribution in [3.8, 4) is 5.75 Å². The Balaban J connectivity index is 2.07. The van der Waals surface area contributed by atoms with Gasteiger partial charge >= 0.3 is 11.7 Å². The van der Waals surface area contributed by atoms with E-state index >= 15 is 0 Å². The fraction of sp³-hybridized carbons (Fsp3) is 0.360. The number of pyridine rings is 1. The molecule has 0 aliphatic carbocycles. The summed E-state index contributed by atoms with van der Waals surface area (Å²) in [6.07, 6.45) is 3.65. The van der Waals surface area contributed by atoms with Crippen LogP contribution in [-0.4, -0.2) is 39.0 Å². The predicted molar refractivity (Wildman–Crippen MR) is 135 cm³/mol. The zero-order chi connectivity index (χ0) is 26.2. The summed E-state index contributed by atoms with van der Waals surface area (Å²) >= 11 is 6.05. The number of ether oxygens (including phenoxy) is 2. The molecular formula is C25H28ClN5O5. The van der Waals surface area contributed by atoms with Crippen LogP contribution in [0, 0.1) is 24.0 Å². The summed E-state index contributed by atoms with van der Waals surface area (Å²) in [6, 6.07) is 8.38. The highest BCUT2D eigenvalue weighted by Crippen LogP contribution is 2.33. The van der Waals surface area contributed by atoms with Gasteiger partial charge in [-0.1, -0.05) is 43.7 Å². The Morgan fingerprint density at radius 1 is 1.19 bits per heavy atom. The van der Waals surface area contributed by atoms with E-state index in [4.69, 9.17) is 21.1 Å². The molecule has 2 aromatic heterocycles. The lowest BCUT2D eigenvalue weighted by Gasteiger charge is -2.31. The molecular weight excluding hydrogens is 486 g/mol. The molecule has 0 aliphatic rings. The number of carbonyl (C=O) groups is 1. The average Bonchev–Trinajstić information content (AvgIpc) is 2.86. The van der Waals surface area contributed by atoms with E-state index in [1.165, 1.54) is 4.90 Å². The number of hydrogen-bond acceptors (Lipinski definition) is 9. The fourth-order valence-electron chi connectivity index (χ4n) is 3.91. The summed E-state index contributed by atoms with van der Waals surface area (Å²) in [4.78, 5) is 38.6. The minimum absolute atomic E-state index is 0.0295. The smallest absolute Gasteiger partial charge is 0.329 e. The maximum absolute atomic E-state index is 13.4. The molecule has 0 saturated heterocycles. The van der Waals surface area contributed by atoms with Crippen molar-refractivity contribution < 1.29 is 19.2 Å². The van der Waals surface area contributed by atoms with Crippen molar-refractivity contribution in [2.24, 2.45) is 0 Å². The van der Waals surface area contributed by atoms with Crippen molar-refractivity contribution in [2.45, 2.75) is 52.8 Å². The first kappa shape index (κ1) is 26.8. The van der Waals surface area contributed by atoms with Crippen LogP contribution in [-0.2, 0) is 22.7 Å². The van der Waals surface area contributed by atoms with Crippen LogP contribution < -0.4 is 9.64 Å². The van der Waals surface area contributed by atoms with Crippen LogP contribution in [0.5, 0.6) is 5.75 Å². The molecule has 36 heavy (non-hydrogen) atoms. The van der Waals surface area contributed by atoms with Crippen LogP contribution >= 0.6 is 11.6 Å². The Morgan fingerprint density at radius 2 is 1.92 bits per heavy atom. The zero-order valence-electron chi connectivity index (χ0n) is 20.6. The van der Waals surface area contributed by atoms with E-state index in [1.807, 2.05) is 51.1 Å². The number of halogens is 1. The van der Waals surface area contributed by atoms with Gasteiger partial charge in [-0.05, 0) is 37.4 Å². The van der Waals surface area contributed by atoms with Crippen molar-refractivity contribution in [1.29, 1.82) is 0 Å². The standard InChI is InChI=1S/C25H28ClN5O5/c1-5-9-20(24(32)36-15-18-10-7-6-8-11-18)30(23-21(31(33)34)13-28-25(26)29-23)14-19-17(3)22(35-4)16(2)12-27-19/h6-8,10-13,20H,5,9,14-15H2,1-4H3/t20-/m0/s1. The molecule has 0 aliphatic heterocycles. The quantitative estimate of drug-likeness (QED) is 0.151. The Morgan fingerprint density at radius 3 is 2.56 bits per heavy atom. The van der Waals surface area contributed by atoms with E-state index in [1.54, 1.807) is 13.3 Å². The van der Waals surface area contributed by atoms with Crippen molar-refractivity contribution >= 4 is 29.1 Å². The van der Waals surface area contributed by atoms with Crippen molar-refractivity contribution in [1.82, 2.24) is 15.0 Å². The van der Waals surface area contributed by atoms with Gasteiger partial charge in [-0.3, -0.25) is 15.1 Å². The number of carbonyl (C=O) groups excluding carboxylic acids is 1. The number of methoxy groups -OCH3 is 1. The maximum Gasteiger partial charge on any atom is 0.329 e. The van der Waals surface area contributed by atoms with Crippen LogP contribution in [0.2, 0.25) is 5.28 Å². The number of nitrogens with zero attached hydrogens (tertiary/aromatic N) is 5. The lowest BCUT2D eigenvalue weighted by Crippen LogP contribution is -2.43. The van der Waals surface area contributed by atoms with Gasteiger partial charge in [0.05, 0.1) is 24.3 Å². The molecule has 2 heterocycles. The summed E-state index contributed by atoms with van der Waals surface area (Å²) in [5.74, 6) is 0.0196. The normalized spacial score (nSPS) is 11.6. The molecule has 10 nitrogen and oxygen atoms in total. The molecule has 0 radical (unpaired) electrons. The van der Waals surface area contributed by atoms with Gasteiger partial charge in [0.25, 0.3) is 0 Å². The molecule has 3 aromatic rings. The Kier molecular flexibility index (Phi) is 9.13. The Bertz CT molecular complexity index is 1220. The third-order valence-corrected chi connectivity index (χ3v) is 5.88. The van der Waals surface area contributed by atoms with Gasteiger partial charge in [0, 0.05) is 17.3 Å². The Labute approximate surface area is 214 Å². The molecule has 0 spiro atoms. The number of esters is 1. The van der Waals surface area contributed by atoms with E-state index in [2.05, 4.69) is 15.0 Å². The van der Waals surface area contributed by atoms with E-state index in [0.29, 0.717) is 24.3 Å². The van der Waals surface area contributed by atoms with E-state index in [-0.39, 0.29) is 29.9 Å². The molecule has 0 fully saturated rings. The largest absolute Gasteiger partial charge is 0.496 e. The van der Waals surface area contributed by atoms with Gasteiger partial charge in [-0.15, -0.1) is 0 Å². The first-order valence-electron chi connectivity index (χ1n) is 11.4. The highest BCUT2D eigenvalue weighted by molar-refractivity contribution is 6.28. The topological polar surface area (TPSA) is 121 Å². The molecule has 0 amide bonds. The number of nitro groups is 1. The van der Waals surface area contributed by atoms with Crippen molar-refractivity contribution in [2.75, 3.05) is 12.0 Å². The molecule has 1 aromatic carbocycles. The third kappa shape index (κ3) is 6.25. The second-order valence-electron chi connectivity index (χ2n) is 8.18. The third-order valence-electron chi connectivity index (χ3n) is 5.69. The van der Waals surface area contributed by atoms with Gasteiger partial charge in [0.2, 0.25) is 11.1 Å². The molecule has 0 saturated carbocycles. The average molecular weight is 514 g/mol. The van der Waals surface area contributed by atoms with Crippen LogP contribution in [0.15, 0.2) is 42.7 Å². The summed E-state index contributed by atoms with van der Waals surface area (Å²) in [6.45, 7) is 5.72. The van der Waals surface area contributed by atoms with Crippen molar-refractivity contribution in [3.63, 3.8) is 0 Å². The van der Waals surface area contributed by atoms with Crippen LogP contribution in [0.25, 0.3) is 0 Å². The second kappa shape index (κ2) is 12.3. The van der Waals surface area contributed by atoms with Gasteiger partial charge in [-0.25, -0.2) is 9.78 Å². The monoisotopic (exact) mass is 513 g/mol. The lowest BCUT2D eigenvalue weighted by atomic mass is 10.1. The van der Waals surface area contributed by atoms with Crippen LogP contribution in [0.4, 0.5) is 11.5 Å². The fourth-order valence-corrected chi connectivity index (χ4v) is 4.04. The Hall–Kier alpha value is -3.79. The number of anilines is 1. The van der Waals surface area contributed by atoms with Crippen molar-refractivity contribution in [3.05, 3.63) is 80.5 Å². The first-order chi connectivity index (χ1) is 17.3. The summed E-state index contributed by atoms with van der Waals surface area (Å²) in [5.41, 5.74) is 2.60. The molecule has 11 heteroatoms. The number of aryl methyl sites for hydroxylation is 1. The zero-order valence-corrected chi connectivity index (χ0v) is 21.4. The van der Waals surface area contributed by atoms with Gasteiger partial charge in [-0.2, -0.15) is 4.98 Å². The summed E-state index contributed by atoms with van der Waals surface area (Å²) < 4.78 is 11.2. The second-order valence-corrected chi connectivity index (χ2v) is 8.51. The molecule has 190 valence electrons. The molecule has 0 bridgehead atoms. The maximum atomic E-state index is 13.4. The molecule has 3 rings (SSSR count). The molecule has 0 unspecified atom stereocenters.